The summed E-state index contributed by atoms with van der Waals surface area (Å²) < 4.78 is 2.06. The third-order valence-corrected chi connectivity index (χ3v) is 7.62. The molecule has 2 N–H and O–H groups in total. The summed E-state index contributed by atoms with van der Waals surface area (Å²) in [6.07, 6.45) is 0. The number of halogens is 1. The highest BCUT2D eigenvalue weighted by atomic mass is 127. The molecule has 88 valence electrons. The Kier molecular flexibility index (Phi) is 3.79. The highest BCUT2D eigenvalue weighted by Gasteiger charge is 2.23. The lowest BCUT2D eigenvalue weighted by Gasteiger charge is -1.80. The Morgan fingerprint density at radius 3 is 1.59 bits per heavy atom. The number of carbonyl (C=O) groups is 2. The minimum Gasteiger partial charge on any atom is -0.477 e. The fourth-order valence-electron chi connectivity index (χ4n) is 1.05. The van der Waals surface area contributed by atoms with Crippen molar-refractivity contribution in [2.75, 3.05) is 0 Å². The van der Waals surface area contributed by atoms with E-state index in [1.165, 1.54) is 22.7 Å². The molecule has 2 aromatic rings. The fourth-order valence-corrected chi connectivity index (χ4v) is 7.04. The van der Waals surface area contributed by atoms with Crippen LogP contribution in [-0.2, 0) is 0 Å². The Morgan fingerprint density at radius 2 is 1.29 bits per heavy atom. The Balaban J connectivity index is 2.13. The number of thiophene rings is 2. The average molecular weight is 381 g/mol. The second-order valence-electron chi connectivity index (χ2n) is 2.91. The number of carboxylic acid groups (broad SMARTS) is 2. The van der Waals surface area contributed by atoms with Gasteiger partial charge in [-0.1, -0.05) is 22.7 Å². The summed E-state index contributed by atoms with van der Waals surface area (Å²) in [4.78, 5) is 22.1. The molecule has 0 unspecified atom stereocenters. The molecule has 0 saturated heterocycles. The van der Waals surface area contributed by atoms with Crippen LogP contribution >= 0.6 is 22.7 Å². The maximum atomic E-state index is 10.7. The van der Waals surface area contributed by atoms with Crippen molar-refractivity contribution in [1.29, 1.82) is 0 Å². The second kappa shape index (κ2) is 5.15. The zero-order chi connectivity index (χ0) is 12.4. The van der Waals surface area contributed by atoms with Gasteiger partial charge in [0.1, 0.15) is 9.75 Å². The van der Waals surface area contributed by atoms with E-state index in [1.807, 2.05) is 12.1 Å². The van der Waals surface area contributed by atoms with E-state index < -0.39 is 33.1 Å². The number of carboxylic acids is 2. The normalized spacial score (nSPS) is 10.4. The van der Waals surface area contributed by atoms with Crippen molar-refractivity contribution in [1.82, 2.24) is 0 Å². The lowest BCUT2D eigenvalue weighted by molar-refractivity contribution is -0.585. The van der Waals surface area contributed by atoms with Gasteiger partial charge in [-0.15, -0.1) is 0 Å². The molecule has 0 fully saturated rings. The van der Waals surface area contributed by atoms with E-state index in [-0.39, 0.29) is 0 Å². The van der Waals surface area contributed by atoms with Gasteiger partial charge in [-0.2, -0.15) is 0 Å². The van der Waals surface area contributed by atoms with Crippen LogP contribution in [0.1, 0.15) is 19.3 Å². The summed E-state index contributed by atoms with van der Waals surface area (Å²) in [6.45, 7) is 0. The number of hydrogen-bond donors (Lipinski definition) is 2. The molecular formula is C10H6IO4S2+. The maximum absolute atomic E-state index is 10.7. The monoisotopic (exact) mass is 381 g/mol. The molecule has 2 aromatic heterocycles. The van der Waals surface area contributed by atoms with Gasteiger partial charge in [0.15, 0.2) is 0 Å². The van der Waals surface area contributed by atoms with Gasteiger partial charge in [0.25, 0.3) is 0 Å². The van der Waals surface area contributed by atoms with Crippen molar-refractivity contribution in [3.8, 4) is 0 Å². The molecule has 0 amide bonds. The van der Waals surface area contributed by atoms with Crippen molar-refractivity contribution in [2.45, 2.75) is 0 Å². The lowest BCUT2D eigenvalue weighted by Crippen LogP contribution is -3.61. The standard InChI is InChI=1S/C10H5IO4S2/c12-9(13)5-1-3-7(16-5)11-8-4-2-6(17-8)10(14)15/h1-4H,(H-,12,13,14,15)/p+1. The summed E-state index contributed by atoms with van der Waals surface area (Å²) in [5.41, 5.74) is 0. The van der Waals surface area contributed by atoms with Crippen LogP contribution in [0.15, 0.2) is 24.3 Å². The van der Waals surface area contributed by atoms with E-state index in [0.29, 0.717) is 9.75 Å². The Morgan fingerprint density at radius 1 is 0.882 bits per heavy atom. The molecule has 0 aromatic carbocycles. The first-order valence-electron chi connectivity index (χ1n) is 4.37. The molecule has 7 heteroatoms. The lowest BCUT2D eigenvalue weighted by atomic mass is 10.5. The van der Waals surface area contributed by atoms with E-state index in [1.54, 1.807) is 12.1 Å². The molecule has 17 heavy (non-hydrogen) atoms. The largest absolute Gasteiger partial charge is 0.477 e. The molecule has 2 rings (SSSR count). The van der Waals surface area contributed by atoms with Gasteiger partial charge >= 0.3 is 33.1 Å². The van der Waals surface area contributed by atoms with Crippen LogP contribution in [-0.4, -0.2) is 22.2 Å². The van der Waals surface area contributed by atoms with Crippen molar-refractivity contribution < 1.29 is 41.0 Å². The van der Waals surface area contributed by atoms with Crippen molar-refractivity contribution in [2.24, 2.45) is 0 Å². The molecule has 4 nitrogen and oxygen atoms in total. The van der Waals surface area contributed by atoms with E-state index in [9.17, 15) is 9.59 Å². The van der Waals surface area contributed by atoms with Gasteiger partial charge in [0.2, 0.25) is 5.77 Å². The van der Waals surface area contributed by atoms with Crippen LogP contribution in [0.2, 0.25) is 0 Å². The van der Waals surface area contributed by atoms with Gasteiger partial charge in [-0.25, -0.2) is 9.59 Å². The van der Waals surface area contributed by atoms with Crippen LogP contribution in [0, 0.1) is 5.77 Å². The SMILES string of the molecule is O=C(O)c1ccc([I+]c2ccc(C(=O)O)s2)s1. The highest BCUT2D eigenvalue weighted by molar-refractivity contribution is 7.12. The number of hydrogen-bond acceptors (Lipinski definition) is 4. The molecular weight excluding hydrogens is 375 g/mol. The zero-order valence-electron chi connectivity index (χ0n) is 8.21. The molecule has 0 bridgehead atoms. The third-order valence-electron chi connectivity index (χ3n) is 1.75. The summed E-state index contributed by atoms with van der Waals surface area (Å²) in [6, 6.07) is 6.80. The molecule has 2 heterocycles. The fraction of sp³-hybridized carbons (Fsp3) is 0. The van der Waals surface area contributed by atoms with Crippen LogP contribution in [0.5, 0.6) is 0 Å². The molecule has 0 aliphatic rings. The smallest absolute Gasteiger partial charge is 0.381 e. The first kappa shape index (κ1) is 12.5. The highest BCUT2D eigenvalue weighted by Crippen LogP contribution is 2.10. The van der Waals surface area contributed by atoms with E-state index in [4.69, 9.17) is 10.2 Å². The van der Waals surface area contributed by atoms with E-state index >= 15 is 0 Å². The van der Waals surface area contributed by atoms with Gasteiger partial charge in [-0.05, 0) is 12.1 Å². The molecule has 0 aliphatic carbocycles. The zero-order valence-corrected chi connectivity index (χ0v) is 12.0. The summed E-state index contributed by atoms with van der Waals surface area (Å²) >= 11 is 2.05. The number of rotatable bonds is 4. The topological polar surface area (TPSA) is 74.6 Å². The summed E-state index contributed by atoms with van der Waals surface area (Å²) in [5.74, 6) is -1.83. The maximum Gasteiger partial charge on any atom is 0.381 e. The molecule has 0 aliphatic heterocycles. The second-order valence-corrected chi connectivity index (χ2v) is 9.41. The molecule has 0 atom stereocenters. The van der Waals surface area contributed by atoms with E-state index in [0.717, 1.165) is 5.77 Å². The van der Waals surface area contributed by atoms with Crippen molar-refractivity contribution in [3.63, 3.8) is 0 Å². The molecule has 0 saturated carbocycles. The average Bonchev–Trinajstić information content (AvgIpc) is 2.87. The van der Waals surface area contributed by atoms with Crippen molar-refractivity contribution >= 4 is 34.6 Å². The van der Waals surface area contributed by atoms with Crippen LogP contribution in [0.3, 0.4) is 0 Å². The van der Waals surface area contributed by atoms with Gasteiger partial charge in [-0.3, -0.25) is 0 Å². The Bertz CT molecular complexity index is 522. The first-order chi connectivity index (χ1) is 8.06. The predicted molar refractivity (Wildman–Crippen MR) is 60.0 cm³/mol. The van der Waals surface area contributed by atoms with Gasteiger partial charge in [0, 0.05) is 12.1 Å². The minimum atomic E-state index is -0.914. The van der Waals surface area contributed by atoms with E-state index in [2.05, 4.69) is 0 Å². The third kappa shape index (κ3) is 3.05. The first-order valence-corrected chi connectivity index (χ1v) is 8.16. The van der Waals surface area contributed by atoms with Crippen LogP contribution < -0.4 is 21.2 Å². The summed E-state index contributed by atoms with van der Waals surface area (Å²) in [5, 5.41) is 17.6. The predicted octanol–water partition coefficient (Wildman–Crippen LogP) is -0.666. The van der Waals surface area contributed by atoms with Crippen molar-refractivity contribution in [3.05, 3.63) is 39.8 Å². The Labute approximate surface area is 115 Å². The van der Waals surface area contributed by atoms with Crippen LogP contribution in [0.4, 0.5) is 0 Å². The minimum absolute atomic E-state index is 0.328. The number of aromatic carboxylic acids is 2. The summed E-state index contributed by atoms with van der Waals surface area (Å²) in [7, 11) is 0. The van der Waals surface area contributed by atoms with Gasteiger partial charge in [0.05, 0.1) is 0 Å². The molecule has 0 spiro atoms. The Hall–Kier alpha value is -0.930. The quantitative estimate of drug-likeness (QED) is 0.690. The molecule has 0 radical (unpaired) electrons. The van der Waals surface area contributed by atoms with Gasteiger partial charge < -0.3 is 10.2 Å². The van der Waals surface area contributed by atoms with Crippen LogP contribution in [0.25, 0.3) is 0 Å².